The summed E-state index contributed by atoms with van der Waals surface area (Å²) >= 11 is 3.71. The van der Waals surface area contributed by atoms with Gasteiger partial charge in [-0.2, -0.15) is 0 Å². The van der Waals surface area contributed by atoms with Crippen LogP contribution >= 0.6 is 22.7 Å². The van der Waals surface area contributed by atoms with E-state index in [4.69, 9.17) is 9.97 Å². The summed E-state index contributed by atoms with van der Waals surface area (Å²) in [5.41, 5.74) is 12.0. The summed E-state index contributed by atoms with van der Waals surface area (Å²) in [5, 5.41) is 5.22. The first-order valence-corrected chi connectivity index (χ1v) is 20.4. The minimum atomic E-state index is 0.704. The Morgan fingerprint density at radius 2 is 0.821 bits per heavy atom. The first kappa shape index (κ1) is 32.7. The Morgan fingerprint density at radius 3 is 1.59 bits per heavy atom. The molecule has 0 aliphatic heterocycles. The monoisotopic (exact) mass is 748 g/mol. The number of rotatable bonds is 6. The van der Waals surface area contributed by atoms with Gasteiger partial charge < -0.3 is 0 Å². The van der Waals surface area contributed by atoms with Crippen LogP contribution in [0.25, 0.3) is 108 Å². The molecule has 0 spiro atoms. The van der Waals surface area contributed by atoms with Crippen LogP contribution in [0.4, 0.5) is 0 Å². The second-order valence-electron chi connectivity index (χ2n) is 14.2. The summed E-state index contributed by atoms with van der Waals surface area (Å²) in [5.74, 6) is 0.704. The lowest BCUT2D eigenvalue weighted by Crippen LogP contribution is -1.96. The normalized spacial score (nSPS) is 11.6. The molecule has 11 aromatic rings. The molecule has 3 heterocycles. The first-order valence-electron chi connectivity index (χ1n) is 18.8. The zero-order valence-corrected chi connectivity index (χ0v) is 31.8. The van der Waals surface area contributed by atoms with Gasteiger partial charge >= 0.3 is 0 Å². The standard InChI is InChI=1S/C52H32N2S2/c1-3-12-33(13-4-1)38-28-39(41-18-11-19-45-43-17-8-10-21-49(43)56-51(41)45)30-40(29-38)47-32-46(53-52(54-47)36-14-5-2-6-15-36)35-24-22-34(23-25-35)37-26-27-44-42-16-7-9-20-48(42)55-50(44)31-37/h1-32H. The maximum atomic E-state index is 5.27. The van der Waals surface area contributed by atoms with Gasteiger partial charge in [0.2, 0.25) is 0 Å². The highest BCUT2D eigenvalue weighted by Crippen LogP contribution is 2.42. The number of fused-ring (bicyclic) bond motifs is 6. The molecule has 0 aliphatic carbocycles. The quantitative estimate of drug-likeness (QED) is 0.169. The number of thiophene rings is 2. The number of hydrogen-bond acceptors (Lipinski definition) is 4. The fraction of sp³-hybridized carbons (Fsp3) is 0. The van der Waals surface area contributed by atoms with Crippen LogP contribution in [0.5, 0.6) is 0 Å². The van der Waals surface area contributed by atoms with Crippen molar-refractivity contribution >= 4 is 63.0 Å². The third-order valence-corrected chi connectivity index (χ3v) is 13.1. The molecule has 0 unspecified atom stereocenters. The molecule has 0 amide bonds. The minimum absolute atomic E-state index is 0.704. The molecule has 0 aliphatic rings. The Labute approximate surface area is 332 Å². The van der Waals surface area contributed by atoms with E-state index >= 15 is 0 Å². The van der Waals surface area contributed by atoms with Crippen LogP contribution in [0.15, 0.2) is 194 Å². The molecule has 0 saturated carbocycles. The van der Waals surface area contributed by atoms with E-state index in [9.17, 15) is 0 Å². The third kappa shape index (κ3) is 5.79. The zero-order valence-electron chi connectivity index (χ0n) is 30.2. The lowest BCUT2D eigenvalue weighted by atomic mass is 9.93. The summed E-state index contributed by atoms with van der Waals surface area (Å²) in [6, 6.07) is 69.7. The fourth-order valence-electron chi connectivity index (χ4n) is 7.90. The molecule has 0 saturated heterocycles. The van der Waals surface area contributed by atoms with Gasteiger partial charge in [0.1, 0.15) is 0 Å². The Balaban J connectivity index is 1.06. The van der Waals surface area contributed by atoms with E-state index in [2.05, 4.69) is 176 Å². The molecule has 0 bridgehead atoms. The molecule has 56 heavy (non-hydrogen) atoms. The van der Waals surface area contributed by atoms with Crippen molar-refractivity contribution in [1.82, 2.24) is 9.97 Å². The lowest BCUT2D eigenvalue weighted by molar-refractivity contribution is 1.18. The van der Waals surface area contributed by atoms with E-state index < -0.39 is 0 Å². The van der Waals surface area contributed by atoms with Crippen LogP contribution in [0.3, 0.4) is 0 Å². The lowest BCUT2D eigenvalue weighted by Gasteiger charge is -2.14. The maximum absolute atomic E-state index is 5.27. The molecule has 4 heteroatoms. The molecular weight excluding hydrogens is 717 g/mol. The van der Waals surface area contributed by atoms with Crippen molar-refractivity contribution in [2.45, 2.75) is 0 Å². The largest absolute Gasteiger partial charge is 0.228 e. The summed E-state index contributed by atoms with van der Waals surface area (Å²) in [7, 11) is 0. The summed E-state index contributed by atoms with van der Waals surface area (Å²) in [4.78, 5) is 10.5. The van der Waals surface area contributed by atoms with Gasteiger partial charge in [-0.15, -0.1) is 22.7 Å². The van der Waals surface area contributed by atoms with Gasteiger partial charge in [-0.1, -0.05) is 152 Å². The van der Waals surface area contributed by atoms with Crippen molar-refractivity contribution in [1.29, 1.82) is 0 Å². The van der Waals surface area contributed by atoms with Crippen LogP contribution < -0.4 is 0 Å². The molecule has 2 nitrogen and oxygen atoms in total. The number of aromatic nitrogens is 2. The van der Waals surface area contributed by atoms with Crippen LogP contribution in [-0.2, 0) is 0 Å². The van der Waals surface area contributed by atoms with E-state index in [0.717, 1.165) is 33.6 Å². The van der Waals surface area contributed by atoms with E-state index in [0.29, 0.717) is 5.82 Å². The maximum Gasteiger partial charge on any atom is 0.160 e. The van der Waals surface area contributed by atoms with Crippen LogP contribution in [0.1, 0.15) is 0 Å². The molecular formula is C52H32N2S2. The van der Waals surface area contributed by atoms with Gasteiger partial charge in [0, 0.05) is 57.0 Å². The zero-order chi connectivity index (χ0) is 37.0. The highest BCUT2D eigenvalue weighted by molar-refractivity contribution is 7.26. The molecule has 11 rings (SSSR count). The van der Waals surface area contributed by atoms with Crippen LogP contribution in [-0.4, -0.2) is 9.97 Å². The van der Waals surface area contributed by atoms with Crippen LogP contribution in [0, 0.1) is 0 Å². The molecule has 0 fully saturated rings. The molecule has 262 valence electrons. The Hall–Kier alpha value is -6.72. The van der Waals surface area contributed by atoms with Crippen molar-refractivity contribution in [3.63, 3.8) is 0 Å². The van der Waals surface area contributed by atoms with E-state index in [1.54, 1.807) is 0 Å². The highest BCUT2D eigenvalue weighted by atomic mass is 32.1. The molecule has 0 atom stereocenters. The number of nitrogens with zero attached hydrogens (tertiary/aromatic N) is 2. The average Bonchev–Trinajstić information content (AvgIpc) is 3.85. The molecule has 3 aromatic heterocycles. The summed E-state index contributed by atoms with van der Waals surface area (Å²) in [6.07, 6.45) is 0. The Morgan fingerprint density at radius 1 is 0.286 bits per heavy atom. The van der Waals surface area contributed by atoms with Gasteiger partial charge in [-0.25, -0.2) is 9.97 Å². The Bertz CT molecular complexity index is 3230. The second-order valence-corrected chi connectivity index (χ2v) is 16.3. The number of benzene rings is 8. The van der Waals surface area contributed by atoms with E-state index in [1.807, 2.05) is 40.9 Å². The highest BCUT2D eigenvalue weighted by Gasteiger charge is 2.16. The fourth-order valence-corrected chi connectivity index (χ4v) is 10.3. The smallest absolute Gasteiger partial charge is 0.160 e. The average molecular weight is 749 g/mol. The van der Waals surface area contributed by atoms with Crippen molar-refractivity contribution in [3.8, 4) is 67.3 Å². The SMILES string of the molecule is c1ccc(-c2cc(-c3cc(-c4ccc(-c5ccc6c(c5)sc5ccccc56)cc4)nc(-c4ccccc4)n3)cc(-c3cccc4c3sc3ccccc34)c2)cc1. The molecule has 0 radical (unpaired) electrons. The van der Waals surface area contributed by atoms with E-state index in [-0.39, 0.29) is 0 Å². The summed E-state index contributed by atoms with van der Waals surface area (Å²) in [6.45, 7) is 0. The van der Waals surface area contributed by atoms with Gasteiger partial charge in [0.25, 0.3) is 0 Å². The van der Waals surface area contributed by atoms with Gasteiger partial charge in [0.15, 0.2) is 5.82 Å². The first-order chi connectivity index (χ1) is 27.7. The van der Waals surface area contributed by atoms with Crippen LogP contribution in [0.2, 0.25) is 0 Å². The van der Waals surface area contributed by atoms with Crippen molar-refractivity contribution < 1.29 is 0 Å². The minimum Gasteiger partial charge on any atom is -0.228 e. The second kappa shape index (κ2) is 13.5. The van der Waals surface area contributed by atoms with Gasteiger partial charge in [-0.05, 0) is 75.8 Å². The van der Waals surface area contributed by atoms with Crippen molar-refractivity contribution in [2.24, 2.45) is 0 Å². The predicted molar refractivity (Wildman–Crippen MR) is 240 cm³/mol. The summed E-state index contributed by atoms with van der Waals surface area (Å²) < 4.78 is 5.22. The predicted octanol–water partition coefficient (Wildman–Crippen LogP) is 15.2. The van der Waals surface area contributed by atoms with Crippen molar-refractivity contribution in [3.05, 3.63) is 194 Å². The molecule has 8 aromatic carbocycles. The third-order valence-electron chi connectivity index (χ3n) is 10.7. The van der Waals surface area contributed by atoms with E-state index in [1.165, 1.54) is 68.2 Å². The van der Waals surface area contributed by atoms with Gasteiger partial charge in [-0.3, -0.25) is 0 Å². The Kier molecular flexibility index (Phi) is 7.90. The number of hydrogen-bond donors (Lipinski definition) is 0. The molecule has 0 N–H and O–H groups in total. The van der Waals surface area contributed by atoms with Crippen molar-refractivity contribution in [2.75, 3.05) is 0 Å². The van der Waals surface area contributed by atoms with Gasteiger partial charge in [0.05, 0.1) is 11.4 Å². The topological polar surface area (TPSA) is 25.8 Å².